The molecule has 4 heterocycles. The number of ketones is 2. The molecule has 10 rings (SSSR count). The van der Waals surface area contributed by atoms with Gasteiger partial charge in [-0.15, -0.1) is 0 Å². The predicted molar refractivity (Wildman–Crippen MR) is 349 cm³/mol. The van der Waals surface area contributed by atoms with Crippen LogP contribution in [-0.2, 0) is 63.9 Å². The molecule has 3 aromatic carbocycles. The van der Waals surface area contributed by atoms with Crippen LogP contribution in [0.5, 0.6) is 0 Å². The maximum atomic E-state index is 13.3. The number of carboxylic acid groups (broad SMARTS) is 1. The number of ether oxygens (including phenoxy) is 2. The van der Waals surface area contributed by atoms with Crippen molar-refractivity contribution >= 4 is 59.6 Å². The van der Waals surface area contributed by atoms with Gasteiger partial charge in [-0.3, -0.25) is 48.5 Å². The Bertz CT molecular complexity index is 3450. The van der Waals surface area contributed by atoms with Crippen LogP contribution in [0, 0.1) is 5.92 Å². The van der Waals surface area contributed by atoms with E-state index in [0.29, 0.717) is 57.5 Å². The molecule has 3 fully saturated rings. The highest BCUT2D eigenvalue weighted by molar-refractivity contribution is 5.93. The van der Waals surface area contributed by atoms with Crippen LogP contribution in [0.4, 0.5) is 9.59 Å². The number of hydrogen-bond donors (Lipinski definition) is 4. The Hall–Kier alpha value is -8.80. The van der Waals surface area contributed by atoms with Crippen molar-refractivity contribution in [2.24, 2.45) is 5.92 Å². The number of hydrogen-bond acceptors (Lipinski definition) is 12. The molecule has 3 aliphatic carbocycles. The second-order valence-corrected chi connectivity index (χ2v) is 26.5. The summed E-state index contributed by atoms with van der Waals surface area (Å²) < 4.78 is 11.0. The molecular weight excluding hydrogens is 1150 g/mol. The quantitative estimate of drug-likeness (QED) is 0.0639. The predicted octanol–water partition coefficient (Wildman–Crippen LogP) is 11.1. The van der Waals surface area contributed by atoms with E-state index in [9.17, 15) is 38.4 Å². The van der Waals surface area contributed by atoms with Gasteiger partial charge < -0.3 is 30.5 Å². The van der Waals surface area contributed by atoms with Gasteiger partial charge in [-0.25, -0.2) is 9.59 Å². The van der Waals surface area contributed by atoms with E-state index in [2.05, 4.69) is 86.6 Å². The molecule has 18 nitrogen and oxygen atoms in total. The van der Waals surface area contributed by atoms with E-state index in [1.54, 1.807) is 55.4 Å². The van der Waals surface area contributed by atoms with Crippen LogP contribution in [-0.4, -0.2) is 127 Å². The molecule has 0 spiro atoms. The van der Waals surface area contributed by atoms with E-state index in [-0.39, 0.29) is 41.1 Å². The first-order valence-electron chi connectivity index (χ1n) is 31.9. The Morgan fingerprint density at radius 2 is 0.912 bits per heavy atom. The number of Topliss-reactive ketones (excluding diaryl/α,β-unsaturated/α-hetero) is 2. The van der Waals surface area contributed by atoms with Gasteiger partial charge in [0.25, 0.3) is 0 Å². The molecule has 1 saturated carbocycles. The molecule has 91 heavy (non-hydrogen) atoms. The molecule has 2 aliphatic heterocycles. The minimum atomic E-state index is -1.13. The lowest BCUT2D eigenvalue weighted by Gasteiger charge is -2.28. The van der Waals surface area contributed by atoms with Crippen LogP contribution in [0.25, 0.3) is 12.2 Å². The summed E-state index contributed by atoms with van der Waals surface area (Å²) in [6, 6.07) is 30.5. The molecule has 5 aliphatic rings. The number of benzene rings is 3. The van der Waals surface area contributed by atoms with Crippen LogP contribution < -0.4 is 16.0 Å². The monoisotopic (exact) mass is 1240 g/mol. The Morgan fingerprint density at radius 1 is 0.527 bits per heavy atom. The van der Waals surface area contributed by atoms with E-state index in [1.165, 1.54) is 22.3 Å². The van der Waals surface area contributed by atoms with Gasteiger partial charge in [0.1, 0.15) is 29.3 Å². The highest BCUT2D eigenvalue weighted by Gasteiger charge is 2.44. The van der Waals surface area contributed by atoms with E-state index >= 15 is 0 Å². The zero-order chi connectivity index (χ0) is 65.6. The third kappa shape index (κ3) is 19.4. The SMILES string of the molecule is C[C@H](NC(=O)[C@@H]1CC[C@@H](c2ccccc2)C1)C(=O)CCc1cnc2c(c1)C=CC2.C[C@H](NC(=O)[C@H]1C[C@H](c2ccccc2)CN1C(=O)OC(C)(C)C)C(=O)CCc1cnc2c(c1)C=CC2.C[C@H](NC(=O)[C@H]1C[C@H](c2ccccc2)CN1C(=O)OC(C)(C)C)C(=O)O. The lowest BCUT2D eigenvalue weighted by molar-refractivity contribution is -0.141. The summed E-state index contributed by atoms with van der Waals surface area (Å²) in [6.45, 7) is 16.3. The molecule has 18 heteroatoms. The number of rotatable bonds is 18. The zero-order valence-electron chi connectivity index (χ0n) is 54.0. The Balaban J connectivity index is 0.000000179. The molecule has 4 N–H and O–H groups in total. The summed E-state index contributed by atoms with van der Waals surface area (Å²) in [6.07, 6.45) is 18.3. The van der Waals surface area contributed by atoms with Crippen LogP contribution in [0.3, 0.4) is 0 Å². The van der Waals surface area contributed by atoms with E-state index in [1.807, 2.05) is 79.1 Å². The normalized spacial score (nSPS) is 20.5. The number of fused-ring (bicyclic) bond motifs is 2. The van der Waals surface area contributed by atoms with E-state index < -0.39 is 65.5 Å². The van der Waals surface area contributed by atoms with Crippen molar-refractivity contribution in [3.05, 3.63) is 178 Å². The molecule has 0 unspecified atom stereocenters. The molecule has 482 valence electrons. The lowest BCUT2D eigenvalue weighted by Crippen LogP contribution is -2.50. The van der Waals surface area contributed by atoms with Gasteiger partial charge in [0.15, 0.2) is 11.6 Å². The first-order valence-corrected chi connectivity index (χ1v) is 31.9. The van der Waals surface area contributed by atoms with E-state index in [0.717, 1.165) is 76.9 Å². The van der Waals surface area contributed by atoms with Crippen LogP contribution in [0.2, 0.25) is 0 Å². The Morgan fingerprint density at radius 3 is 1.31 bits per heavy atom. The number of allylic oxidation sites excluding steroid dienone is 2. The van der Waals surface area contributed by atoms with Gasteiger partial charge in [0.2, 0.25) is 17.7 Å². The minimum absolute atomic E-state index is 0.00292. The first-order chi connectivity index (χ1) is 43.3. The topological polar surface area (TPSA) is 244 Å². The highest BCUT2D eigenvalue weighted by atomic mass is 16.6. The lowest BCUT2D eigenvalue weighted by atomic mass is 9.96. The van der Waals surface area contributed by atoms with Crippen molar-refractivity contribution < 1.29 is 52.9 Å². The highest BCUT2D eigenvalue weighted by Crippen LogP contribution is 2.39. The van der Waals surface area contributed by atoms with Crippen LogP contribution >= 0.6 is 0 Å². The smallest absolute Gasteiger partial charge is 0.410 e. The van der Waals surface area contributed by atoms with Gasteiger partial charge in [-0.1, -0.05) is 115 Å². The average Bonchev–Trinajstić information content (AvgIpc) is 1.86. The first kappa shape index (κ1) is 68.1. The molecule has 5 aromatic rings. The molecule has 2 aromatic heterocycles. The fourth-order valence-electron chi connectivity index (χ4n) is 12.1. The summed E-state index contributed by atoms with van der Waals surface area (Å²) in [5, 5.41) is 17.3. The van der Waals surface area contributed by atoms with Crippen molar-refractivity contribution in [2.75, 3.05) is 13.1 Å². The minimum Gasteiger partial charge on any atom is -0.480 e. The number of nitrogens with zero attached hydrogens (tertiary/aromatic N) is 4. The van der Waals surface area contributed by atoms with Crippen molar-refractivity contribution in [1.29, 1.82) is 0 Å². The molecule has 5 amide bonds. The second kappa shape index (κ2) is 30.8. The molecular formula is C73H89N7O11. The summed E-state index contributed by atoms with van der Waals surface area (Å²) in [7, 11) is 0. The number of amides is 5. The largest absolute Gasteiger partial charge is 0.480 e. The van der Waals surface area contributed by atoms with Gasteiger partial charge in [-0.05, 0) is 164 Å². The van der Waals surface area contributed by atoms with Gasteiger partial charge in [0.05, 0.1) is 23.5 Å². The third-order valence-electron chi connectivity index (χ3n) is 17.2. The van der Waals surface area contributed by atoms with E-state index in [4.69, 9.17) is 14.6 Å². The van der Waals surface area contributed by atoms with Crippen LogP contribution in [0.1, 0.15) is 175 Å². The second-order valence-electron chi connectivity index (χ2n) is 26.5. The molecule has 2 saturated heterocycles. The zero-order valence-corrected chi connectivity index (χ0v) is 54.0. The average molecular weight is 1240 g/mol. The summed E-state index contributed by atoms with van der Waals surface area (Å²) in [5.41, 5.74) is 8.56. The number of carbonyl (C=O) groups excluding carboxylic acids is 7. The third-order valence-corrected chi connectivity index (χ3v) is 17.2. The summed E-state index contributed by atoms with van der Waals surface area (Å²) in [4.78, 5) is 112. The molecule has 0 radical (unpaired) electrons. The fourth-order valence-corrected chi connectivity index (χ4v) is 12.1. The molecule has 0 bridgehead atoms. The maximum absolute atomic E-state index is 13.3. The number of likely N-dealkylation sites (tertiary alicyclic amines) is 2. The number of aromatic nitrogens is 2. The summed E-state index contributed by atoms with van der Waals surface area (Å²) in [5.74, 6) is -1.45. The number of pyridine rings is 2. The fraction of sp³-hybridized carbons (Fsp3) is 0.452. The molecule has 9 atom stereocenters. The van der Waals surface area contributed by atoms with Crippen molar-refractivity contribution in [2.45, 2.75) is 192 Å². The van der Waals surface area contributed by atoms with Crippen molar-refractivity contribution in [3.8, 4) is 0 Å². The van der Waals surface area contributed by atoms with Gasteiger partial charge in [0, 0.05) is 68.9 Å². The van der Waals surface area contributed by atoms with Crippen molar-refractivity contribution in [3.63, 3.8) is 0 Å². The standard InChI is InChI=1S/C29H35N3O4.C25H28N2O2.C19H26N2O5/c1-19(26(33)14-13-20-15-22-11-8-12-24(22)30-17-20)31-27(34)25-16-23(21-9-6-5-7-10-21)18-32(25)28(35)36-29(2,3)4;1-17(24(28)13-10-18-14-21-8-5-9-23(21)26-16-18)27-25(29)22-12-11-20(15-22)19-6-3-2-4-7-19;1-12(17(23)24)20-16(22)15-10-14(13-8-6-5-7-9-13)11-21(15)18(25)26-19(2,3)4/h5-11,15,17,19,23,25H,12-14,16,18H2,1-4H3,(H,31,34);2-8,14,16-17,20,22H,9-13,15H2,1H3,(H,27,29);5-9,12,14-15H,10-11H2,1-4H3,(H,20,22)(H,23,24)/t19-,23-,25+;17-,20+,22+;12-,14-,15+/m000/s1. The number of carbonyl (C=O) groups is 8. The Labute approximate surface area is 535 Å². The Kier molecular flexibility index (Phi) is 23.1. The maximum Gasteiger partial charge on any atom is 0.410 e. The number of aliphatic carboxylic acids is 1. The van der Waals surface area contributed by atoms with Gasteiger partial charge >= 0.3 is 18.2 Å². The number of carboxylic acids is 1. The number of nitrogens with one attached hydrogen (secondary N) is 3. The van der Waals surface area contributed by atoms with Crippen LogP contribution in [0.15, 0.2) is 128 Å². The van der Waals surface area contributed by atoms with Crippen molar-refractivity contribution in [1.82, 2.24) is 35.7 Å². The number of aryl methyl sites for hydroxylation is 2. The summed E-state index contributed by atoms with van der Waals surface area (Å²) >= 11 is 0. The van der Waals surface area contributed by atoms with Gasteiger partial charge in [-0.2, -0.15) is 0 Å².